The Bertz CT molecular complexity index is 1010. The molecular formula is C21H27ClIN4OPS. The lowest BCUT2D eigenvalue weighted by Crippen LogP contribution is -2.11. The maximum atomic E-state index is 6.32. The van der Waals surface area contributed by atoms with Crippen LogP contribution in [0.25, 0.3) is 11.2 Å². The predicted octanol–water partition coefficient (Wildman–Crippen LogP) is 7.92. The van der Waals surface area contributed by atoms with Crippen molar-refractivity contribution in [2.24, 2.45) is 0 Å². The average molecular weight is 577 g/mol. The van der Waals surface area contributed by atoms with Gasteiger partial charge < -0.3 is 10.1 Å². The molecule has 30 heavy (non-hydrogen) atoms. The lowest BCUT2D eigenvalue weighted by Gasteiger charge is -2.24. The average Bonchev–Trinajstić information content (AvgIpc) is 3.11. The second-order valence-corrected chi connectivity index (χ2v) is 9.98. The number of nitrogens with one attached hydrogen (secondary N) is 1. The molecule has 2 unspecified atom stereocenters. The molecule has 0 bridgehead atoms. The lowest BCUT2D eigenvalue weighted by atomic mass is 10.0. The van der Waals surface area contributed by atoms with E-state index in [0.29, 0.717) is 11.5 Å². The van der Waals surface area contributed by atoms with E-state index in [4.69, 9.17) is 21.3 Å². The number of benzene rings is 1. The summed E-state index contributed by atoms with van der Waals surface area (Å²) < 4.78 is 8.04. The van der Waals surface area contributed by atoms with Gasteiger partial charge in [0.05, 0.1) is 23.9 Å². The van der Waals surface area contributed by atoms with Crippen molar-refractivity contribution >= 4 is 74.3 Å². The number of pyridine rings is 1. The molecule has 1 aromatic carbocycles. The van der Waals surface area contributed by atoms with E-state index < -0.39 is 0 Å². The molecule has 2 aromatic heterocycles. The second-order valence-electron chi connectivity index (χ2n) is 6.68. The molecule has 1 aliphatic heterocycles. The molecule has 9 heteroatoms. The Hall–Kier alpha value is -0.600. The lowest BCUT2D eigenvalue weighted by molar-refractivity contribution is 0.0148. The summed E-state index contributed by atoms with van der Waals surface area (Å²) in [6, 6.07) is 8.37. The molecule has 3 heterocycles. The first-order valence-electron chi connectivity index (χ1n) is 10.1. The molecule has 0 radical (unpaired) electrons. The van der Waals surface area contributed by atoms with Crippen LogP contribution in [0, 0.1) is 6.92 Å². The van der Waals surface area contributed by atoms with Crippen molar-refractivity contribution in [3.05, 3.63) is 40.8 Å². The van der Waals surface area contributed by atoms with Crippen LogP contribution in [0.2, 0.25) is 5.15 Å². The van der Waals surface area contributed by atoms with Gasteiger partial charge in [-0.25, -0.2) is 9.97 Å². The molecule has 1 aliphatic rings. The van der Waals surface area contributed by atoms with Crippen LogP contribution in [0.3, 0.4) is 0 Å². The fraction of sp³-hybridized carbons (Fsp3) is 0.429. The number of halogens is 2. The zero-order valence-corrected chi connectivity index (χ0v) is 22.4. The minimum Gasteiger partial charge on any atom is -0.374 e. The van der Waals surface area contributed by atoms with E-state index in [-0.39, 0.29) is 6.10 Å². The summed E-state index contributed by atoms with van der Waals surface area (Å²) in [5.74, 6) is 0.940. The highest BCUT2D eigenvalue weighted by molar-refractivity contribution is 14.2. The van der Waals surface area contributed by atoms with Crippen molar-refractivity contribution < 1.29 is 4.74 Å². The van der Waals surface area contributed by atoms with Crippen LogP contribution in [0.15, 0.2) is 29.2 Å². The molecule has 1 saturated heterocycles. The first-order valence-corrected chi connectivity index (χ1v) is 15.8. The Balaban J connectivity index is 0.00000124. The molecule has 4 rings (SSSR count). The summed E-state index contributed by atoms with van der Waals surface area (Å²) in [7, 11) is 0. The Morgan fingerprint density at radius 2 is 2.03 bits per heavy atom. The van der Waals surface area contributed by atoms with Gasteiger partial charge in [-0.3, -0.25) is 4.34 Å². The number of aryl methyl sites for hydroxylation is 1. The van der Waals surface area contributed by atoms with Gasteiger partial charge >= 0.3 is 0 Å². The molecule has 3 aromatic rings. The summed E-state index contributed by atoms with van der Waals surface area (Å²) in [5.41, 5.74) is 4.83. The van der Waals surface area contributed by atoms with Crippen molar-refractivity contribution in [2.45, 2.75) is 51.0 Å². The highest BCUT2D eigenvalue weighted by Gasteiger charge is 2.19. The van der Waals surface area contributed by atoms with Crippen LogP contribution < -0.4 is 5.32 Å². The number of aromatic nitrogens is 3. The van der Waals surface area contributed by atoms with E-state index in [0.717, 1.165) is 47.8 Å². The van der Waals surface area contributed by atoms with E-state index >= 15 is 0 Å². The third kappa shape index (κ3) is 5.23. The number of ether oxygens (including phenoxy) is 1. The molecule has 0 amide bonds. The van der Waals surface area contributed by atoms with E-state index in [1.54, 1.807) is 11.8 Å². The molecule has 2 atom stereocenters. The van der Waals surface area contributed by atoms with E-state index in [1.165, 1.54) is 16.9 Å². The Labute approximate surface area is 202 Å². The molecule has 1 fully saturated rings. The Kier molecular flexibility index (Phi) is 9.07. The van der Waals surface area contributed by atoms with Crippen molar-refractivity contribution in [1.82, 2.24) is 14.3 Å². The second kappa shape index (κ2) is 11.3. The summed E-state index contributed by atoms with van der Waals surface area (Å²) in [5, 5.41) is 4.00. The summed E-state index contributed by atoms with van der Waals surface area (Å²) in [6.07, 6.45) is 6.31. The number of fused-ring (bicyclic) bond motifs is 1. The number of hydrogen-bond acceptors (Lipinski definition) is 5. The van der Waals surface area contributed by atoms with Crippen LogP contribution in [-0.2, 0) is 4.74 Å². The van der Waals surface area contributed by atoms with Crippen molar-refractivity contribution in [3.63, 3.8) is 0 Å². The third-order valence-corrected chi connectivity index (χ3v) is 8.01. The van der Waals surface area contributed by atoms with Crippen molar-refractivity contribution in [1.29, 1.82) is 0 Å². The van der Waals surface area contributed by atoms with Gasteiger partial charge in [-0.1, -0.05) is 31.5 Å². The van der Waals surface area contributed by atoms with Gasteiger partial charge in [-0.2, -0.15) is 0 Å². The normalized spacial score (nSPS) is 16.7. The Morgan fingerprint density at radius 1 is 1.23 bits per heavy atom. The van der Waals surface area contributed by atoms with Crippen molar-refractivity contribution in [2.75, 3.05) is 18.2 Å². The minimum absolute atomic E-state index is 0.207. The fourth-order valence-corrected chi connectivity index (χ4v) is 6.41. The number of imidazole rings is 1. The first kappa shape index (κ1) is 24.1. The number of nitrogens with zero attached hydrogens (tertiary/aromatic N) is 3. The molecule has 5 nitrogen and oxygen atoms in total. The van der Waals surface area contributed by atoms with Gasteiger partial charge in [0.25, 0.3) is 0 Å². The van der Waals surface area contributed by atoms with E-state index in [9.17, 15) is 0 Å². The zero-order valence-electron chi connectivity index (χ0n) is 17.6. The maximum absolute atomic E-state index is 6.32. The highest BCUT2D eigenvalue weighted by Crippen LogP contribution is 2.38. The largest absolute Gasteiger partial charge is 0.374 e. The zero-order chi connectivity index (χ0) is 21.7. The molecule has 0 aliphatic carbocycles. The number of hydrogen-bond donors (Lipinski definition) is 1. The van der Waals surface area contributed by atoms with Gasteiger partial charge in [-0.15, -0.1) is 11.8 Å². The minimum atomic E-state index is 0.207. The number of rotatable bonds is 5. The summed E-state index contributed by atoms with van der Waals surface area (Å²) in [4.78, 5) is 10.4. The SMILES string of the molecule is CC.CSc1cc(C2CCCCO2)ccc1Nc1cc(Cl)nc2c1nc(C)n2PI. The van der Waals surface area contributed by atoms with Crippen LogP contribution in [0.5, 0.6) is 0 Å². The Morgan fingerprint density at radius 3 is 2.70 bits per heavy atom. The quantitative estimate of drug-likeness (QED) is 0.145. The molecule has 1 N–H and O–H groups in total. The number of thioether (sulfide) groups is 1. The monoisotopic (exact) mass is 576 g/mol. The molecule has 0 saturated carbocycles. The van der Waals surface area contributed by atoms with Crippen LogP contribution in [-0.4, -0.2) is 27.2 Å². The van der Waals surface area contributed by atoms with Gasteiger partial charge in [-0.05, 0) is 72.2 Å². The molecule has 162 valence electrons. The van der Waals surface area contributed by atoms with Crippen LogP contribution >= 0.6 is 51.8 Å². The van der Waals surface area contributed by atoms with Crippen molar-refractivity contribution in [3.8, 4) is 0 Å². The van der Waals surface area contributed by atoms with Gasteiger partial charge in [0.1, 0.15) is 16.5 Å². The van der Waals surface area contributed by atoms with Gasteiger partial charge in [0.2, 0.25) is 0 Å². The van der Waals surface area contributed by atoms with E-state index in [1.807, 2.05) is 26.8 Å². The predicted molar refractivity (Wildman–Crippen MR) is 140 cm³/mol. The standard InChI is InChI=1S/C19H21ClIN4OPS.C2H6/c1-11-22-18-14(10-17(20)24-19(18)25(11)27-21)23-13-7-6-12(9-16(13)28-2)15-5-3-4-8-26-15;1-2/h6-7,9-10,15,27H,3-5,8H2,1-2H3,(H,23,24);1-2H3. The topological polar surface area (TPSA) is 52.0 Å². The maximum Gasteiger partial charge on any atom is 0.167 e. The van der Waals surface area contributed by atoms with Crippen LogP contribution in [0.1, 0.15) is 50.6 Å². The van der Waals surface area contributed by atoms with Crippen LogP contribution in [0.4, 0.5) is 11.4 Å². The summed E-state index contributed by atoms with van der Waals surface area (Å²) >= 11 is 10.4. The summed E-state index contributed by atoms with van der Waals surface area (Å²) in [6.45, 7) is 6.85. The molecule has 0 spiro atoms. The van der Waals surface area contributed by atoms with E-state index in [2.05, 4.69) is 61.1 Å². The smallest absolute Gasteiger partial charge is 0.167 e. The molecular weight excluding hydrogens is 550 g/mol. The third-order valence-electron chi connectivity index (χ3n) is 4.88. The van der Waals surface area contributed by atoms with Gasteiger partial charge in [0, 0.05) is 17.6 Å². The fourth-order valence-electron chi connectivity index (χ4n) is 3.48. The highest BCUT2D eigenvalue weighted by atomic mass is 127. The first-order chi connectivity index (χ1) is 14.6. The number of anilines is 2. The van der Waals surface area contributed by atoms with Gasteiger partial charge in [0.15, 0.2) is 5.65 Å².